The third kappa shape index (κ3) is 2.56. The summed E-state index contributed by atoms with van der Waals surface area (Å²) in [7, 11) is 1.93. The molecule has 0 aliphatic carbocycles. The van der Waals surface area contributed by atoms with E-state index >= 15 is 0 Å². The molecule has 1 aliphatic heterocycles. The van der Waals surface area contributed by atoms with Crippen LogP contribution in [-0.2, 0) is 7.05 Å². The first-order valence-corrected chi connectivity index (χ1v) is 8.38. The summed E-state index contributed by atoms with van der Waals surface area (Å²) in [5.74, 6) is 0.896. The first-order chi connectivity index (χ1) is 12.1. The number of carbonyl (C=O) groups is 1. The summed E-state index contributed by atoms with van der Waals surface area (Å²) >= 11 is 0. The van der Waals surface area contributed by atoms with Crippen LogP contribution in [-0.4, -0.2) is 32.3 Å². The molecule has 7 heteroatoms. The minimum atomic E-state index is -0.119. The second-order valence-electron chi connectivity index (χ2n) is 6.42. The predicted octanol–water partition coefficient (Wildman–Crippen LogP) is 3.26. The Morgan fingerprint density at radius 2 is 2.16 bits per heavy atom. The maximum atomic E-state index is 13.0. The van der Waals surface area contributed by atoms with E-state index < -0.39 is 0 Å². The quantitative estimate of drug-likeness (QED) is 0.731. The predicted molar refractivity (Wildman–Crippen MR) is 89.9 cm³/mol. The Hall–Kier alpha value is -2.83. The number of rotatable bonds is 3. The molecule has 1 atom stereocenters. The average Bonchev–Trinajstić information content (AvgIpc) is 3.34. The van der Waals surface area contributed by atoms with Gasteiger partial charge in [0.15, 0.2) is 11.5 Å². The molecule has 0 bridgehead atoms. The molecule has 25 heavy (non-hydrogen) atoms. The summed E-state index contributed by atoms with van der Waals surface area (Å²) in [5.41, 5.74) is 3.51. The minimum Gasteiger partial charge on any atom is -0.461 e. The van der Waals surface area contributed by atoms with E-state index in [1.54, 1.807) is 24.5 Å². The van der Waals surface area contributed by atoms with Crippen molar-refractivity contribution in [1.82, 2.24) is 19.8 Å². The van der Waals surface area contributed by atoms with Crippen LogP contribution in [0.3, 0.4) is 0 Å². The van der Waals surface area contributed by atoms with Crippen molar-refractivity contribution < 1.29 is 13.7 Å². The molecular formula is C18H20N4O3. The largest absolute Gasteiger partial charge is 0.461 e. The van der Waals surface area contributed by atoms with Crippen molar-refractivity contribution >= 4 is 5.91 Å². The van der Waals surface area contributed by atoms with E-state index in [-0.39, 0.29) is 11.9 Å². The molecule has 1 amide bonds. The van der Waals surface area contributed by atoms with E-state index in [0.29, 0.717) is 23.8 Å². The van der Waals surface area contributed by atoms with Gasteiger partial charge in [-0.2, -0.15) is 5.10 Å². The van der Waals surface area contributed by atoms with Crippen LogP contribution in [0, 0.1) is 13.8 Å². The number of nitrogens with zero attached hydrogens (tertiary/aromatic N) is 4. The maximum Gasteiger partial charge on any atom is 0.276 e. The van der Waals surface area contributed by atoms with Gasteiger partial charge in [-0.25, -0.2) is 0 Å². The van der Waals surface area contributed by atoms with Crippen molar-refractivity contribution in [1.29, 1.82) is 0 Å². The third-order valence-corrected chi connectivity index (χ3v) is 4.91. The highest BCUT2D eigenvalue weighted by atomic mass is 16.5. The summed E-state index contributed by atoms with van der Waals surface area (Å²) in [6.07, 6.45) is 3.46. The monoisotopic (exact) mass is 340 g/mol. The van der Waals surface area contributed by atoms with E-state index in [1.807, 2.05) is 30.5 Å². The molecule has 1 saturated heterocycles. The Morgan fingerprint density at radius 1 is 1.32 bits per heavy atom. The van der Waals surface area contributed by atoms with Crippen molar-refractivity contribution in [2.45, 2.75) is 32.7 Å². The molecule has 0 saturated carbocycles. The SMILES string of the molecule is Cc1nn(C)c(C)c1[C@@H]1CCCN1C(=O)c1cc(-c2ccco2)on1. The molecule has 3 aromatic rings. The lowest BCUT2D eigenvalue weighted by atomic mass is 10.0. The first-order valence-electron chi connectivity index (χ1n) is 8.38. The Labute approximate surface area is 145 Å². The van der Waals surface area contributed by atoms with Gasteiger partial charge in [-0.15, -0.1) is 0 Å². The van der Waals surface area contributed by atoms with Gasteiger partial charge in [0.25, 0.3) is 5.91 Å². The highest BCUT2D eigenvalue weighted by Crippen LogP contribution is 2.36. The highest BCUT2D eigenvalue weighted by molar-refractivity contribution is 5.93. The molecule has 4 heterocycles. The molecular weight excluding hydrogens is 320 g/mol. The van der Waals surface area contributed by atoms with E-state index in [9.17, 15) is 4.79 Å². The molecule has 7 nitrogen and oxygen atoms in total. The molecule has 0 spiro atoms. The van der Waals surface area contributed by atoms with Crippen LogP contribution in [0.5, 0.6) is 0 Å². The lowest BCUT2D eigenvalue weighted by Gasteiger charge is -2.24. The molecule has 3 aromatic heterocycles. The zero-order valence-corrected chi connectivity index (χ0v) is 14.5. The van der Waals surface area contributed by atoms with Crippen LogP contribution in [0.1, 0.15) is 46.3 Å². The molecule has 1 aliphatic rings. The molecule has 1 fully saturated rings. The zero-order chi connectivity index (χ0) is 17.6. The van der Waals surface area contributed by atoms with Crippen molar-refractivity contribution in [2.75, 3.05) is 6.54 Å². The number of likely N-dealkylation sites (tertiary alicyclic amines) is 1. The molecule has 130 valence electrons. The second kappa shape index (κ2) is 5.91. The normalized spacial score (nSPS) is 17.4. The zero-order valence-electron chi connectivity index (χ0n) is 14.5. The van der Waals surface area contributed by atoms with E-state index in [1.165, 1.54) is 0 Å². The lowest BCUT2D eigenvalue weighted by Crippen LogP contribution is -2.31. The van der Waals surface area contributed by atoms with E-state index in [0.717, 1.165) is 29.8 Å². The van der Waals surface area contributed by atoms with E-state index in [4.69, 9.17) is 8.94 Å². The maximum absolute atomic E-state index is 13.0. The van der Waals surface area contributed by atoms with Crippen LogP contribution in [0.15, 0.2) is 33.4 Å². The van der Waals surface area contributed by atoms with Gasteiger partial charge in [0.1, 0.15) is 0 Å². The topological polar surface area (TPSA) is 77.3 Å². The number of carbonyl (C=O) groups excluding carboxylic acids is 1. The van der Waals surface area contributed by atoms with Crippen LogP contribution in [0.25, 0.3) is 11.5 Å². The van der Waals surface area contributed by atoms with Crippen molar-refractivity contribution in [2.24, 2.45) is 7.05 Å². The third-order valence-electron chi connectivity index (χ3n) is 4.91. The van der Waals surface area contributed by atoms with Gasteiger partial charge in [-0.3, -0.25) is 9.48 Å². The number of amides is 1. The van der Waals surface area contributed by atoms with Gasteiger partial charge in [0, 0.05) is 30.9 Å². The van der Waals surface area contributed by atoms with Crippen LogP contribution in [0.4, 0.5) is 0 Å². The molecule has 0 aromatic carbocycles. The Morgan fingerprint density at radius 3 is 2.84 bits per heavy atom. The van der Waals surface area contributed by atoms with Gasteiger partial charge in [-0.1, -0.05) is 5.16 Å². The molecule has 4 rings (SSSR count). The highest BCUT2D eigenvalue weighted by Gasteiger charge is 2.35. The first kappa shape index (κ1) is 15.7. The fourth-order valence-electron chi connectivity index (χ4n) is 3.64. The fourth-order valence-corrected chi connectivity index (χ4v) is 3.64. The number of aromatic nitrogens is 3. The van der Waals surface area contributed by atoms with Crippen LogP contribution in [0.2, 0.25) is 0 Å². The number of furan rings is 1. The van der Waals surface area contributed by atoms with Crippen LogP contribution < -0.4 is 0 Å². The fraction of sp³-hybridized carbons (Fsp3) is 0.389. The number of hydrogen-bond acceptors (Lipinski definition) is 5. The van der Waals surface area contributed by atoms with Crippen molar-refractivity contribution in [3.63, 3.8) is 0 Å². The molecule has 0 radical (unpaired) electrons. The minimum absolute atomic E-state index is 0.0324. The number of aryl methyl sites for hydroxylation is 2. The summed E-state index contributed by atoms with van der Waals surface area (Å²) in [6.45, 7) is 4.75. The summed E-state index contributed by atoms with van der Waals surface area (Å²) in [4.78, 5) is 14.9. The van der Waals surface area contributed by atoms with Gasteiger partial charge in [0.2, 0.25) is 5.76 Å². The van der Waals surface area contributed by atoms with Gasteiger partial charge >= 0.3 is 0 Å². The average molecular weight is 340 g/mol. The number of hydrogen-bond donors (Lipinski definition) is 0. The smallest absolute Gasteiger partial charge is 0.276 e. The lowest BCUT2D eigenvalue weighted by molar-refractivity contribution is 0.0724. The Kier molecular flexibility index (Phi) is 3.71. The summed E-state index contributed by atoms with van der Waals surface area (Å²) in [5, 5.41) is 8.44. The van der Waals surface area contributed by atoms with Gasteiger partial charge in [-0.05, 0) is 38.8 Å². The second-order valence-corrected chi connectivity index (χ2v) is 6.42. The Balaban J connectivity index is 1.63. The summed E-state index contributed by atoms with van der Waals surface area (Å²) < 4.78 is 12.4. The van der Waals surface area contributed by atoms with Gasteiger partial charge in [0.05, 0.1) is 18.0 Å². The summed E-state index contributed by atoms with van der Waals surface area (Å²) in [6, 6.07) is 5.21. The molecule has 0 unspecified atom stereocenters. The standard InChI is InChI=1S/C18H20N4O3/c1-11-17(12(2)21(3)19-11)14-6-4-8-22(14)18(23)13-10-16(25-20-13)15-7-5-9-24-15/h5,7,9-10,14H,4,6,8H2,1-3H3/t14-/m0/s1. The van der Waals surface area contributed by atoms with Gasteiger partial charge < -0.3 is 13.8 Å². The van der Waals surface area contributed by atoms with E-state index in [2.05, 4.69) is 10.3 Å². The van der Waals surface area contributed by atoms with Crippen molar-refractivity contribution in [3.8, 4) is 11.5 Å². The van der Waals surface area contributed by atoms with Crippen LogP contribution >= 0.6 is 0 Å². The molecule has 0 N–H and O–H groups in total. The van der Waals surface area contributed by atoms with Crippen molar-refractivity contribution in [3.05, 3.63) is 47.1 Å². The Bertz CT molecular complexity index is 907.